The minimum atomic E-state index is 0.447. The SMILES string of the molecule is CCc1cc(C(C)NC)ccc1I. The lowest BCUT2D eigenvalue weighted by Crippen LogP contribution is -2.12. The molecular weight excluding hydrogens is 273 g/mol. The van der Waals surface area contributed by atoms with E-state index in [1.54, 1.807) is 0 Å². The highest BCUT2D eigenvalue weighted by Gasteiger charge is 2.04. The highest BCUT2D eigenvalue weighted by atomic mass is 127. The summed E-state index contributed by atoms with van der Waals surface area (Å²) in [6, 6.07) is 7.13. The third kappa shape index (κ3) is 2.68. The number of benzene rings is 1. The fraction of sp³-hybridized carbons (Fsp3) is 0.455. The molecule has 0 aliphatic carbocycles. The van der Waals surface area contributed by atoms with E-state index in [1.165, 1.54) is 14.7 Å². The summed E-state index contributed by atoms with van der Waals surface area (Å²) in [5.41, 5.74) is 2.82. The summed E-state index contributed by atoms with van der Waals surface area (Å²) >= 11 is 2.39. The van der Waals surface area contributed by atoms with Crippen molar-refractivity contribution in [3.05, 3.63) is 32.9 Å². The molecule has 1 N–H and O–H groups in total. The van der Waals surface area contributed by atoms with Gasteiger partial charge in [-0.25, -0.2) is 0 Å². The Morgan fingerprint density at radius 1 is 1.46 bits per heavy atom. The molecule has 0 spiro atoms. The van der Waals surface area contributed by atoms with Crippen molar-refractivity contribution in [1.29, 1.82) is 0 Å². The van der Waals surface area contributed by atoms with E-state index in [0.717, 1.165) is 6.42 Å². The Kier molecular flexibility index (Phi) is 4.19. The van der Waals surface area contributed by atoms with Gasteiger partial charge < -0.3 is 5.32 Å². The van der Waals surface area contributed by atoms with Crippen LogP contribution in [0.5, 0.6) is 0 Å². The lowest BCUT2D eigenvalue weighted by atomic mass is 10.0. The lowest BCUT2D eigenvalue weighted by molar-refractivity contribution is 0.651. The summed E-state index contributed by atoms with van der Waals surface area (Å²) < 4.78 is 1.37. The third-order valence-electron chi connectivity index (χ3n) is 2.38. The first-order valence-electron chi connectivity index (χ1n) is 4.64. The maximum absolute atomic E-state index is 3.25. The Bertz CT molecular complexity index is 283. The first-order valence-corrected chi connectivity index (χ1v) is 5.72. The van der Waals surface area contributed by atoms with E-state index in [-0.39, 0.29) is 0 Å². The monoisotopic (exact) mass is 289 g/mol. The molecular formula is C11H16IN. The van der Waals surface area contributed by atoms with E-state index >= 15 is 0 Å². The smallest absolute Gasteiger partial charge is 0.0289 e. The van der Waals surface area contributed by atoms with Gasteiger partial charge in [0, 0.05) is 9.61 Å². The highest BCUT2D eigenvalue weighted by Crippen LogP contribution is 2.19. The summed E-state index contributed by atoms with van der Waals surface area (Å²) in [6.45, 7) is 4.38. The zero-order valence-electron chi connectivity index (χ0n) is 8.39. The molecule has 1 atom stereocenters. The van der Waals surface area contributed by atoms with Crippen LogP contribution in [-0.4, -0.2) is 7.05 Å². The van der Waals surface area contributed by atoms with Crippen LogP contribution < -0.4 is 5.32 Å². The van der Waals surface area contributed by atoms with E-state index in [4.69, 9.17) is 0 Å². The first-order chi connectivity index (χ1) is 6.19. The van der Waals surface area contributed by atoms with Gasteiger partial charge in [0.1, 0.15) is 0 Å². The average molecular weight is 289 g/mol. The molecule has 0 heterocycles. The highest BCUT2D eigenvalue weighted by molar-refractivity contribution is 14.1. The molecule has 1 aromatic rings. The van der Waals surface area contributed by atoms with Crippen molar-refractivity contribution in [2.24, 2.45) is 0 Å². The normalized spacial score (nSPS) is 12.9. The molecule has 0 bridgehead atoms. The van der Waals surface area contributed by atoms with Crippen LogP contribution in [0.15, 0.2) is 18.2 Å². The summed E-state index contributed by atoms with van der Waals surface area (Å²) in [5.74, 6) is 0. The van der Waals surface area contributed by atoms with Crippen molar-refractivity contribution < 1.29 is 0 Å². The zero-order chi connectivity index (χ0) is 9.84. The second-order valence-electron chi connectivity index (χ2n) is 3.21. The van der Waals surface area contributed by atoms with Crippen LogP contribution in [0.4, 0.5) is 0 Å². The van der Waals surface area contributed by atoms with Crippen LogP contribution in [-0.2, 0) is 6.42 Å². The lowest BCUT2D eigenvalue weighted by Gasteiger charge is -2.12. The van der Waals surface area contributed by atoms with Gasteiger partial charge in [-0.05, 0) is 60.2 Å². The Balaban J connectivity index is 2.99. The number of halogens is 1. The Hall–Kier alpha value is -0.0900. The van der Waals surface area contributed by atoms with E-state index in [2.05, 4.69) is 60.0 Å². The Morgan fingerprint density at radius 2 is 2.15 bits per heavy atom. The molecule has 0 aliphatic rings. The van der Waals surface area contributed by atoms with Crippen LogP contribution in [0, 0.1) is 3.57 Å². The number of rotatable bonds is 3. The summed E-state index contributed by atoms with van der Waals surface area (Å²) in [5, 5.41) is 3.25. The quantitative estimate of drug-likeness (QED) is 0.843. The van der Waals surface area contributed by atoms with E-state index in [9.17, 15) is 0 Å². The maximum Gasteiger partial charge on any atom is 0.0289 e. The van der Waals surface area contributed by atoms with Crippen LogP contribution in [0.1, 0.15) is 31.0 Å². The van der Waals surface area contributed by atoms with Crippen molar-refractivity contribution in [2.75, 3.05) is 7.05 Å². The van der Waals surface area contributed by atoms with Crippen molar-refractivity contribution in [3.8, 4) is 0 Å². The van der Waals surface area contributed by atoms with Crippen molar-refractivity contribution >= 4 is 22.6 Å². The molecule has 2 heteroatoms. The van der Waals surface area contributed by atoms with Crippen LogP contribution in [0.3, 0.4) is 0 Å². The average Bonchev–Trinajstić information content (AvgIpc) is 2.17. The van der Waals surface area contributed by atoms with Gasteiger partial charge in [-0.1, -0.05) is 19.1 Å². The Morgan fingerprint density at radius 3 is 2.69 bits per heavy atom. The number of hydrogen-bond acceptors (Lipinski definition) is 1. The van der Waals surface area contributed by atoms with Gasteiger partial charge in [0.15, 0.2) is 0 Å². The molecule has 0 fully saturated rings. The minimum Gasteiger partial charge on any atom is -0.313 e. The van der Waals surface area contributed by atoms with Gasteiger partial charge in [-0.2, -0.15) is 0 Å². The van der Waals surface area contributed by atoms with Gasteiger partial charge in [-0.3, -0.25) is 0 Å². The van der Waals surface area contributed by atoms with Gasteiger partial charge in [0.05, 0.1) is 0 Å². The van der Waals surface area contributed by atoms with Crippen LogP contribution in [0.25, 0.3) is 0 Å². The van der Waals surface area contributed by atoms with Gasteiger partial charge in [-0.15, -0.1) is 0 Å². The largest absolute Gasteiger partial charge is 0.313 e. The second-order valence-corrected chi connectivity index (χ2v) is 4.38. The standard InChI is InChI=1S/C11H16IN/c1-4-9-7-10(8(2)13-3)5-6-11(9)12/h5-8,13H,4H2,1-3H3. The van der Waals surface area contributed by atoms with E-state index in [0.29, 0.717) is 6.04 Å². The van der Waals surface area contributed by atoms with Crippen molar-refractivity contribution in [3.63, 3.8) is 0 Å². The third-order valence-corrected chi connectivity index (χ3v) is 3.44. The molecule has 72 valence electrons. The fourth-order valence-corrected chi connectivity index (χ4v) is 2.02. The molecule has 0 radical (unpaired) electrons. The number of aryl methyl sites for hydroxylation is 1. The molecule has 1 aromatic carbocycles. The van der Waals surface area contributed by atoms with E-state index < -0.39 is 0 Å². The van der Waals surface area contributed by atoms with Gasteiger partial charge in [0.2, 0.25) is 0 Å². The molecule has 0 saturated carbocycles. The molecule has 13 heavy (non-hydrogen) atoms. The predicted molar refractivity (Wildman–Crippen MR) is 66.0 cm³/mol. The molecule has 0 aliphatic heterocycles. The minimum absolute atomic E-state index is 0.447. The van der Waals surface area contributed by atoms with Crippen LogP contribution >= 0.6 is 22.6 Å². The molecule has 0 amide bonds. The molecule has 0 aromatic heterocycles. The number of nitrogens with one attached hydrogen (secondary N) is 1. The summed E-state index contributed by atoms with van der Waals surface area (Å²) in [7, 11) is 1.99. The van der Waals surface area contributed by atoms with Gasteiger partial charge >= 0.3 is 0 Å². The fourth-order valence-electron chi connectivity index (χ4n) is 1.30. The van der Waals surface area contributed by atoms with E-state index in [1.807, 2.05) is 7.05 Å². The maximum atomic E-state index is 3.25. The molecule has 1 nitrogen and oxygen atoms in total. The van der Waals surface area contributed by atoms with Crippen LogP contribution in [0.2, 0.25) is 0 Å². The van der Waals surface area contributed by atoms with Gasteiger partial charge in [0.25, 0.3) is 0 Å². The topological polar surface area (TPSA) is 12.0 Å². The first kappa shape index (κ1) is 11.0. The van der Waals surface area contributed by atoms with Crippen molar-refractivity contribution in [2.45, 2.75) is 26.3 Å². The Labute approximate surface area is 94.1 Å². The summed E-state index contributed by atoms with van der Waals surface area (Å²) in [4.78, 5) is 0. The predicted octanol–water partition coefficient (Wildman–Crippen LogP) is 3.13. The number of hydrogen-bond donors (Lipinski definition) is 1. The summed E-state index contributed by atoms with van der Waals surface area (Å²) in [6.07, 6.45) is 1.11. The van der Waals surface area contributed by atoms with Crippen molar-refractivity contribution in [1.82, 2.24) is 5.32 Å². The molecule has 1 unspecified atom stereocenters. The zero-order valence-corrected chi connectivity index (χ0v) is 10.6. The molecule has 1 rings (SSSR count). The molecule has 0 saturated heterocycles. The second kappa shape index (κ2) is 4.96.